The zero-order valence-electron chi connectivity index (χ0n) is 20.2. The number of nitrogens with two attached hydrogens (primary N) is 1. The molecule has 2 aliphatic carbocycles. The van der Waals surface area contributed by atoms with Gasteiger partial charge in [-0.2, -0.15) is 18.3 Å². The number of alkyl halides is 3. The van der Waals surface area contributed by atoms with Gasteiger partial charge in [-0.25, -0.2) is 0 Å². The lowest BCUT2D eigenvalue weighted by molar-refractivity contribution is -0.167. The molecule has 36 heavy (non-hydrogen) atoms. The van der Waals surface area contributed by atoms with E-state index >= 15 is 0 Å². The summed E-state index contributed by atoms with van der Waals surface area (Å²) < 4.78 is 41.8. The van der Waals surface area contributed by atoms with Crippen molar-refractivity contribution >= 4 is 29.0 Å². The van der Waals surface area contributed by atoms with E-state index in [4.69, 9.17) is 11.1 Å². The monoisotopic (exact) mass is 504 g/mol. The Hall–Kier alpha value is -3.37. The van der Waals surface area contributed by atoms with Crippen LogP contribution in [0.5, 0.6) is 0 Å². The van der Waals surface area contributed by atoms with Crippen molar-refractivity contribution in [1.82, 2.24) is 15.1 Å². The maximum Gasteiger partial charge on any atom is 0.408 e. The molecule has 2 aromatic rings. The maximum atomic E-state index is 13.4. The van der Waals surface area contributed by atoms with E-state index in [1.807, 2.05) is 31.2 Å². The summed E-state index contributed by atoms with van der Waals surface area (Å²) in [5.41, 5.74) is 7.87. The van der Waals surface area contributed by atoms with E-state index in [2.05, 4.69) is 15.7 Å². The Bertz CT molecular complexity index is 1140. The molecule has 2 unspecified atom stereocenters. The smallest absolute Gasteiger partial charge is 0.365 e. The number of nitrogens with zero attached hydrogens (tertiary/aromatic N) is 2. The Morgan fingerprint density at radius 3 is 2.39 bits per heavy atom. The summed E-state index contributed by atoms with van der Waals surface area (Å²) in [5, 5.41) is 18.2. The number of amides is 2. The second-order valence-corrected chi connectivity index (χ2v) is 9.96. The highest BCUT2D eigenvalue weighted by molar-refractivity contribution is 5.98. The number of anilines is 2. The van der Waals surface area contributed by atoms with Gasteiger partial charge in [0.25, 0.3) is 5.91 Å². The van der Waals surface area contributed by atoms with Crippen molar-refractivity contribution in [3.63, 3.8) is 0 Å². The molecule has 0 spiro atoms. The van der Waals surface area contributed by atoms with Gasteiger partial charge in [0, 0.05) is 29.4 Å². The molecule has 2 aliphatic rings. The van der Waals surface area contributed by atoms with Gasteiger partial charge >= 0.3 is 6.18 Å². The maximum absolute atomic E-state index is 13.4. The zero-order valence-corrected chi connectivity index (χ0v) is 20.2. The lowest BCUT2D eigenvalue weighted by Crippen LogP contribution is -2.50. The summed E-state index contributed by atoms with van der Waals surface area (Å²) in [4.78, 5) is 24.9. The minimum absolute atomic E-state index is 0.189. The van der Waals surface area contributed by atoms with Crippen molar-refractivity contribution in [1.29, 1.82) is 5.41 Å². The largest absolute Gasteiger partial charge is 0.408 e. The number of carbonyl (C=O) groups is 2. The molecule has 194 valence electrons. The lowest BCUT2D eigenvalue weighted by atomic mass is 9.75. The highest BCUT2D eigenvalue weighted by Gasteiger charge is 2.50. The van der Waals surface area contributed by atoms with Gasteiger partial charge < -0.3 is 21.8 Å². The molecular weight excluding hydrogens is 473 g/mol. The zero-order chi connectivity index (χ0) is 26.2. The molecule has 2 fully saturated rings. The van der Waals surface area contributed by atoms with Crippen LogP contribution in [0.15, 0.2) is 30.5 Å². The summed E-state index contributed by atoms with van der Waals surface area (Å²) in [6, 6.07) is 5.38. The SMILES string of the molecule is CC(=N)C1C[C@H](C(=O)N[C@H](C2CC2)C(F)(F)F)CCC1n1cc(C(N)=O)c(Nc2ccc(C)cc2)n1. The van der Waals surface area contributed by atoms with Crippen LogP contribution in [0.2, 0.25) is 0 Å². The van der Waals surface area contributed by atoms with Crippen molar-refractivity contribution in [3.05, 3.63) is 41.6 Å². The number of halogens is 3. The Labute approximate surface area is 207 Å². The first kappa shape index (κ1) is 25.7. The minimum Gasteiger partial charge on any atom is -0.365 e. The molecule has 0 saturated heterocycles. The summed E-state index contributed by atoms with van der Waals surface area (Å²) >= 11 is 0. The second-order valence-electron chi connectivity index (χ2n) is 9.96. The van der Waals surface area contributed by atoms with Crippen LogP contribution in [-0.4, -0.2) is 39.5 Å². The van der Waals surface area contributed by atoms with Crippen LogP contribution in [0.4, 0.5) is 24.7 Å². The van der Waals surface area contributed by atoms with E-state index in [9.17, 15) is 22.8 Å². The normalized spacial score (nSPS) is 23.1. The number of benzene rings is 1. The fourth-order valence-corrected chi connectivity index (χ4v) is 4.95. The van der Waals surface area contributed by atoms with Gasteiger partial charge in [0.05, 0.1) is 6.04 Å². The number of aromatic nitrogens is 2. The highest BCUT2D eigenvalue weighted by Crippen LogP contribution is 2.42. The van der Waals surface area contributed by atoms with Crippen LogP contribution in [0.1, 0.15) is 61.0 Å². The quantitative estimate of drug-likeness (QED) is 0.395. The molecule has 4 atom stereocenters. The molecule has 4 rings (SSSR count). The van der Waals surface area contributed by atoms with Gasteiger partial charge in [-0.15, -0.1) is 0 Å². The third-order valence-electron chi connectivity index (χ3n) is 7.14. The summed E-state index contributed by atoms with van der Waals surface area (Å²) in [6.45, 7) is 3.57. The second kappa shape index (κ2) is 9.94. The van der Waals surface area contributed by atoms with Crippen molar-refractivity contribution in [2.75, 3.05) is 5.32 Å². The minimum atomic E-state index is -4.48. The number of hydrogen-bond acceptors (Lipinski definition) is 5. The van der Waals surface area contributed by atoms with E-state index in [1.165, 1.54) is 6.20 Å². The molecule has 8 nitrogen and oxygen atoms in total. The van der Waals surface area contributed by atoms with E-state index in [0.717, 1.165) is 11.3 Å². The van der Waals surface area contributed by atoms with Gasteiger partial charge in [0.2, 0.25) is 5.91 Å². The summed E-state index contributed by atoms with van der Waals surface area (Å²) in [7, 11) is 0. The predicted molar refractivity (Wildman–Crippen MR) is 129 cm³/mol. The third-order valence-corrected chi connectivity index (χ3v) is 7.14. The van der Waals surface area contributed by atoms with Gasteiger partial charge in [0.1, 0.15) is 11.6 Å². The topological polar surface area (TPSA) is 126 Å². The molecule has 2 amide bonds. The molecule has 0 bridgehead atoms. The van der Waals surface area contributed by atoms with Crippen LogP contribution >= 0.6 is 0 Å². The Balaban J connectivity index is 1.51. The molecule has 1 aromatic carbocycles. The highest BCUT2D eigenvalue weighted by atomic mass is 19.4. The average Bonchev–Trinajstić information content (AvgIpc) is 3.56. The number of carbonyl (C=O) groups excluding carboxylic acids is 2. The Morgan fingerprint density at radius 1 is 1.17 bits per heavy atom. The van der Waals surface area contributed by atoms with E-state index in [-0.39, 0.29) is 23.8 Å². The molecule has 0 aliphatic heterocycles. The van der Waals surface area contributed by atoms with Crippen molar-refractivity contribution < 1.29 is 22.8 Å². The van der Waals surface area contributed by atoms with E-state index in [0.29, 0.717) is 31.4 Å². The predicted octanol–water partition coefficient (Wildman–Crippen LogP) is 4.49. The fourth-order valence-electron chi connectivity index (χ4n) is 4.95. The van der Waals surface area contributed by atoms with Gasteiger partial charge in [-0.1, -0.05) is 17.7 Å². The van der Waals surface area contributed by atoms with E-state index < -0.39 is 41.8 Å². The van der Waals surface area contributed by atoms with Crippen LogP contribution in [0.25, 0.3) is 0 Å². The molecule has 11 heteroatoms. The lowest BCUT2D eigenvalue weighted by Gasteiger charge is -2.36. The number of primary amides is 1. The van der Waals surface area contributed by atoms with E-state index in [1.54, 1.807) is 11.6 Å². The molecule has 0 radical (unpaired) electrons. The van der Waals surface area contributed by atoms with Gasteiger partial charge in [0.15, 0.2) is 5.82 Å². The summed E-state index contributed by atoms with van der Waals surface area (Å²) in [5.74, 6) is -2.61. The Kier molecular flexibility index (Phi) is 7.10. The molecule has 2 saturated carbocycles. The first-order chi connectivity index (χ1) is 16.9. The number of rotatable bonds is 8. The van der Waals surface area contributed by atoms with Gasteiger partial charge in [-0.3, -0.25) is 14.3 Å². The van der Waals surface area contributed by atoms with Crippen molar-refractivity contribution in [3.8, 4) is 0 Å². The van der Waals surface area contributed by atoms with Crippen molar-refractivity contribution in [2.45, 2.75) is 64.2 Å². The molecular formula is C25H31F3N6O2. The first-order valence-corrected chi connectivity index (χ1v) is 12.1. The van der Waals surface area contributed by atoms with Crippen LogP contribution in [0.3, 0.4) is 0 Å². The first-order valence-electron chi connectivity index (χ1n) is 12.1. The van der Waals surface area contributed by atoms with Crippen LogP contribution < -0.4 is 16.4 Å². The molecule has 1 aromatic heterocycles. The average molecular weight is 505 g/mol. The molecule has 5 N–H and O–H groups in total. The summed E-state index contributed by atoms with van der Waals surface area (Å²) in [6.07, 6.45) is -1.03. The fraction of sp³-hybridized carbons (Fsp3) is 0.520. The van der Waals surface area contributed by atoms with Crippen molar-refractivity contribution in [2.24, 2.45) is 23.5 Å². The number of nitrogens with one attached hydrogen (secondary N) is 3. The number of hydrogen-bond donors (Lipinski definition) is 4. The van der Waals surface area contributed by atoms with Crippen LogP contribution in [0, 0.1) is 30.1 Å². The molecule has 1 heterocycles. The standard InChI is InChI=1S/C25H31F3N6O2/c1-13-3-8-17(9-4-13)31-23-19(22(30)35)12-34(33-23)20-10-7-16(11-18(20)14(2)29)24(36)32-21(15-5-6-15)25(26,27)28/h3-4,8-9,12,15-16,18,20-21,29H,5-7,10-11H2,1-2H3,(H2,30,35)(H,31,33)(H,32,36)/t16-,18?,20?,21-/m1/s1. The third kappa shape index (κ3) is 5.71. The number of aryl methyl sites for hydroxylation is 1. The Morgan fingerprint density at radius 2 is 1.83 bits per heavy atom. The van der Waals surface area contributed by atoms with Gasteiger partial charge in [-0.05, 0) is 64.0 Å². The van der Waals surface area contributed by atoms with Crippen LogP contribution in [-0.2, 0) is 4.79 Å².